The third kappa shape index (κ3) is 4.92. The minimum Gasteiger partial charge on any atom is -0.471 e. The summed E-state index contributed by atoms with van der Waals surface area (Å²) >= 11 is 0. The Morgan fingerprint density at radius 2 is 2.02 bits per heavy atom. The number of nitrogens with zero attached hydrogens (tertiary/aromatic N) is 7. The van der Waals surface area contributed by atoms with Gasteiger partial charge in [-0.3, -0.25) is 4.90 Å². The van der Waals surface area contributed by atoms with Crippen molar-refractivity contribution in [3.05, 3.63) is 46.5 Å². The fourth-order valence-electron chi connectivity index (χ4n) is 8.72. The standard InChI is InChI=1S/C34H38F3N9O2/c1-18(25-11-20(35)15-45(25)2)47-32-28-31(46(17-41-28)21-12-34(36,37)16-40-14-21)42-30(43-32)27-22-6-4-10-33(29(22)48-44-27)9-3-5-19-7-8-24(39)23(13-38)26(19)33/h7-8,17-18,20-21,25,40H,3-6,9-12,14-16,39H2,1-2H3/t18-,20+,21-,25-,33+/m0/s1. The van der Waals surface area contributed by atoms with Gasteiger partial charge in [-0.15, -0.1) is 0 Å². The van der Waals surface area contributed by atoms with Crippen LogP contribution in [0.2, 0.25) is 0 Å². The van der Waals surface area contributed by atoms with Crippen LogP contribution in [0.1, 0.15) is 79.5 Å². The van der Waals surface area contributed by atoms with Gasteiger partial charge in [0.25, 0.3) is 5.92 Å². The number of benzene rings is 1. The third-order valence-electron chi connectivity index (χ3n) is 10.9. The number of aromatic nitrogens is 5. The highest BCUT2D eigenvalue weighted by Gasteiger charge is 2.48. The molecule has 0 bridgehead atoms. The van der Waals surface area contributed by atoms with Crippen LogP contribution in [0.5, 0.6) is 5.88 Å². The molecule has 2 saturated heterocycles. The van der Waals surface area contributed by atoms with Gasteiger partial charge in [0.05, 0.1) is 29.9 Å². The van der Waals surface area contributed by atoms with E-state index in [0.717, 1.165) is 48.8 Å². The van der Waals surface area contributed by atoms with Crippen molar-refractivity contribution in [1.82, 2.24) is 34.9 Å². The molecule has 4 aliphatic rings. The highest BCUT2D eigenvalue weighted by Crippen LogP contribution is 2.53. The number of halogens is 3. The number of aryl methyl sites for hydroxylation is 1. The average Bonchev–Trinajstić information content (AvgIpc) is 3.78. The van der Waals surface area contributed by atoms with Crippen LogP contribution in [0, 0.1) is 11.3 Å². The molecular formula is C34H38F3N9O2. The molecule has 5 atom stereocenters. The number of rotatable bonds is 5. The van der Waals surface area contributed by atoms with E-state index in [2.05, 4.69) is 21.5 Å². The van der Waals surface area contributed by atoms with Crippen molar-refractivity contribution >= 4 is 16.9 Å². The van der Waals surface area contributed by atoms with Crippen LogP contribution in [-0.4, -0.2) is 80.5 Å². The van der Waals surface area contributed by atoms with Crippen molar-refractivity contribution < 1.29 is 22.4 Å². The van der Waals surface area contributed by atoms with E-state index >= 15 is 0 Å². The van der Waals surface area contributed by atoms with Gasteiger partial charge in [0.1, 0.15) is 18.3 Å². The number of nitrogens with two attached hydrogens (primary N) is 1. The molecule has 5 heterocycles. The molecule has 0 amide bonds. The number of ether oxygens (including phenoxy) is 1. The molecule has 2 aliphatic carbocycles. The van der Waals surface area contributed by atoms with Crippen LogP contribution < -0.4 is 15.8 Å². The van der Waals surface area contributed by atoms with E-state index in [-0.39, 0.29) is 30.7 Å². The summed E-state index contributed by atoms with van der Waals surface area (Å²) in [7, 11) is 1.86. The maximum atomic E-state index is 14.5. The van der Waals surface area contributed by atoms with E-state index in [1.165, 1.54) is 6.33 Å². The number of piperidine rings is 1. The Morgan fingerprint density at radius 3 is 2.77 bits per heavy atom. The number of imidazole rings is 1. The zero-order valence-corrected chi connectivity index (χ0v) is 27.0. The van der Waals surface area contributed by atoms with E-state index in [1.807, 2.05) is 24.9 Å². The lowest BCUT2D eigenvalue weighted by Crippen LogP contribution is -2.44. The van der Waals surface area contributed by atoms with Gasteiger partial charge in [0.2, 0.25) is 5.88 Å². The van der Waals surface area contributed by atoms with Gasteiger partial charge in [-0.1, -0.05) is 11.2 Å². The van der Waals surface area contributed by atoms with Crippen molar-refractivity contribution in [2.45, 2.75) is 94.0 Å². The van der Waals surface area contributed by atoms with Crippen molar-refractivity contribution in [2.24, 2.45) is 0 Å². The summed E-state index contributed by atoms with van der Waals surface area (Å²) in [5, 5.41) is 17.6. The number of hydrogen-bond donors (Lipinski definition) is 2. The van der Waals surface area contributed by atoms with Crippen LogP contribution >= 0.6 is 0 Å². The number of fused-ring (bicyclic) bond motifs is 5. The van der Waals surface area contributed by atoms with Crippen molar-refractivity contribution in [3.8, 4) is 23.5 Å². The molecule has 3 aromatic heterocycles. The first-order valence-corrected chi connectivity index (χ1v) is 16.7. The van der Waals surface area contributed by atoms with Crippen LogP contribution in [0.4, 0.5) is 18.9 Å². The van der Waals surface area contributed by atoms with Gasteiger partial charge < -0.3 is 24.9 Å². The van der Waals surface area contributed by atoms with E-state index in [9.17, 15) is 18.4 Å². The first kappa shape index (κ1) is 31.1. The molecular weight excluding hydrogens is 623 g/mol. The molecule has 8 rings (SSSR count). The van der Waals surface area contributed by atoms with Crippen LogP contribution in [0.15, 0.2) is 23.0 Å². The van der Waals surface area contributed by atoms with E-state index in [4.69, 9.17) is 25.0 Å². The lowest BCUT2D eigenvalue weighted by Gasteiger charge is -2.41. The number of likely N-dealkylation sites (N-methyl/N-ethyl adjacent to an activating group) is 1. The van der Waals surface area contributed by atoms with Crippen LogP contribution in [-0.2, 0) is 18.3 Å². The van der Waals surface area contributed by atoms with E-state index in [0.29, 0.717) is 59.8 Å². The van der Waals surface area contributed by atoms with Gasteiger partial charge in [-0.25, -0.2) is 23.1 Å². The molecule has 252 valence electrons. The summed E-state index contributed by atoms with van der Waals surface area (Å²) in [6.07, 6.45) is 4.88. The van der Waals surface area contributed by atoms with Gasteiger partial charge >= 0.3 is 0 Å². The second kappa shape index (κ2) is 11.4. The normalized spacial score (nSPS) is 27.5. The predicted molar refractivity (Wildman–Crippen MR) is 171 cm³/mol. The number of anilines is 1. The minimum absolute atomic E-state index is 0.178. The molecule has 0 saturated carbocycles. The topological polar surface area (TPSA) is 144 Å². The average molecular weight is 662 g/mol. The van der Waals surface area contributed by atoms with Crippen molar-refractivity contribution in [3.63, 3.8) is 0 Å². The van der Waals surface area contributed by atoms with E-state index in [1.54, 1.807) is 10.6 Å². The fourth-order valence-corrected chi connectivity index (χ4v) is 8.72. The fraction of sp³-hybridized carbons (Fsp3) is 0.559. The monoisotopic (exact) mass is 661 g/mol. The number of nitriles is 1. The Labute approximate surface area is 275 Å². The number of hydrogen-bond acceptors (Lipinski definition) is 10. The number of likely N-dealkylation sites (tertiary alicyclic amines) is 1. The first-order chi connectivity index (χ1) is 23.1. The number of nitrogens with one attached hydrogen (secondary N) is 1. The molecule has 4 aromatic rings. The maximum absolute atomic E-state index is 14.5. The Hall–Kier alpha value is -4.22. The summed E-state index contributed by atoms with van der Waals surface area (Å²) < 4.78 is 57.8. The minimum atomic E-state index is -2.89. The molecule has 14 heteroatoms. The van der Waals surface area contributed by atoms with Gasteiger partial charge in [0, 0.05) is 36.8 Å². The third-order valence-corrected chi connectivity index (χ3v) is 10.9. The summed E-state index contributed by atoms with van der Waals surface area (Å²) in [5.41, 5.74) is 10.7. The summed E-state index contributed by atoms with van der Waals surface area (Å²) in [6.45, 7) is 2.12. The summed E-state index contributed by atoms with van der Waals surface area (Å²) in [5.74, 6) is -1.79. The summed E-state index contributed by atoms with van der Waals surface area (Å²) in [6, 6.07) is 5.37. The Kier molecular flexibility index (Phi) is 7.41. The quantitative estimate of drug-likeness (QED) is 0.284. The Balaban J connectivity index is 1.26. The van der Waals surface area contributed by atoms with Crippen molar-refractivity contribution in [1.29, 1.82) is 5.26 Å². The van der Waals surface area contributed by atoms with Gasteiger partial charge in [-0.2, -0.15) is 10.2 Å². The highest BCUT2D eigenvalue weighted by atomic mass is 19.3. The Morgan fingerprint density at radius 1 is 1.21 bits per heavy atom. The molecule has 1 aromatic carbocycles. The van der Waals surface area contributed by atoms with Gasteiger partial charge in [0.15, 0.2) is 28.4 Å². The largest absolute Gasteiger partial charge is 0.471 e. The lowest BCUT2D eigenvalue weighted by molar-refractivity contribution is -0.0360. The van der Waals surface area contributed by atoms with Gasteiger partial charge in [-0.05, 0) is 76.1 Å². The second-order valence-corrected chi connectivity index (χ2v) is 14.0. The molecule has 2 aliphatic heterocycles. The molecule has 11 nitrogen and oxygen atoms in total. The molecule has 1 spiro atoms. The summed E-state index contributed by atoms with van der Waals surface area (Å²) in [4.78, 5) is 16.2. The molecule has 48 heavy (non-hydrogen) atoms. The second-order valence-electron chi connectivity index (χ2n) is 14.0. The van der Waals surface area contributed by atoms with Crippen LogP contribution in [0.25, 0.3) is 22.7 Å². The zero-order valence-electron chi connectivity index (χ0n) is 27.0. The smallest absolute Gasteiger partial charge is 0.262 e. The maximum Gasteiger partial charge on any atom is 0.262 e. The first-order valence-electron chi connectivity index (χ1n) is 16.7. The Bertz CT molecular complexity index is 1930. The van der Waals surface area contributed by atoms with E-state index < -0.39 is 29.7 Å². The SMILES string of the molecule is C[C@H](Oc1nc(-c2noc3c2CCC[C@@]32CCCc3ccc(N)c(C#N)c32)nc2c1ncn2[C@@H]1CNCC(F)(F)C1)[C@@H]1C[C@@H](F)CN1C. The van der Waals surface area contributed by atoms with Crippen LogP contribution in [0.3, 0.4) is 0 Å². The van der Waals surface area contributed by atoms with Crippen molar-refractivity contribution in [2.75, 3.05) is 32.4 Å². The lowest BCUT2D eigenvalue weighted by atomic mass is 9.61. The molecule has 0 radical (unpaired) electrons. The highest BCUT2D eigenvalue weighted by molar-refractivity contribution is 5.79. The molecule has 2 fully saturated rings. The predicted octanol–water partition coefficient (Wildman–Crippen LogP) is 4.87. The molecule has 0 unspecified atom stereocenters. The zero-order chi connectivity index (χ0) is 33.4. The number of alkyl halides is 3. The molecule has 3 N–H and O–H groups in total. The number of nitrogen functional groups attached to an aromatic ring is 1.